The van der Waals surface area contributed by atoms with Gasteiger partial charge in [0.2, 0.25) is 0 Å². The van der Waals surface area contributed by atoms with Gasteiger partial charge in [0, 0.05) is 13.0 Å². The predicted octanol–water partition coefficient (Wildman–Crippen LogP) is 2.10. The summed E-state index contributed by atoms with van der Waals surface area (Å²) in [5.41, 5.74) is 0.961. The first-order valence-corrected chi connectivity index (χ1v) is 5.24. The highest BCUT2D eigenvalue weighted by molar-refractivity contribution is 5.83. The van der Waals surface area contributed by atoms with E-state index in [1.54, 1.807) is 4.90 Å². The van der Waals surface area contributed by atoms with Crippen LogP contribution in [0.15, 0.2) is 30.3 Å². The molecule has 2 rings (SSSR count). The van der Waals surface area contributed by atoms with E-state index in [1.807, 2.05) is 30.3 Å². The van der Waals surface area contributed by atoms with E-state index in [9.17, 15) is 13.6 Å². The Morgan fingerprint density at radius 3 is 2.62 bits per heavy atom. The SMILES string of the molecule is O=C1CC(C(F)F)N(Cc2ccccc2)C1. The first-order valence-electron chi connectivity index (χ1n) is 5.24. The third-order valence-electron chi connectivity index (χ3n) is 2.80. The van der Waals surface area contributed by atoms with Crippen molar-refractivity contribution in [3.63, 3.8) is 0 Å². The molecular weight excluding hydrogens is 212 g/mol. The second-order valence-corrected chi connectivity index (χ2v) is 4.04. The Morgan fingerprint density at radius 2 is 2.00 bits per heavy atom. The number of Topliss-reactive ketones (excluding diaryl/α,β-unsaturated/α-hetero) is 1. The van der Waals surface area contributed by atoms with E-state index in [0.717, 1.165) is 5.56 Å². The summed E-state index contributed by atoms with van der Waals surface area (Å²) in [6.45, 7) is 0.561. The summed E-state index contributed by atoms with van der Waals surface area (Å²) >= 11 is 0. The number of halogens is 2. The minimum absolute atomic E-state index is 0.0233. The smallest absolute Gasteiger partial charge is 0.254 e. The predicted molar refractivity (Wildman–Crippen MR) is 56.3 cm³/mol. The highest BCUT2D eigenvalue weighted by Crippen LogP contribution is 2.22. The molecule has 1 unspecified atom stereocenters. The van der Waals surface area contributed by atoms with Crippen LogP contribution in [0.25, 0.3) is 0 Å². The van der Waals surface area contributed by atoms with Gasteiger partial charge in [0.15, 0.2) is 0 Å². The number of ketones is 1. The summed E-state index contributed by atoms with van der Waals surface area (Å²) in [4.78, 5) is 12.7. The molecular formula is C12H13F2NO. The number of hydrogen-bond acceptors (Lipinski definition) is 2. The lowest BCUT2D eigenvalue weighted by Gasteiger charge is -2.22. The fourth-order valence-electron chi connectivity index (χ4n) is 2.01. The molecule has 2 nitrogen and oxygen atoms in total. The van der Waals surface area contributed by atoms with Gasteiger partial charge in [-0.2, -0.15) is 0 Å². The van der Waals surface area contributed by atoms with Crippen LogP contribution in [-0.4, -0.2) is 29.7 Å². The Labute approximate surface area is 92.9 Å². The molecule has 16 heavy (non-hydrogen) atoms. The average molecular weight is 225 g/mol. The summed E-state index contributed by atoms with van der Waals surface area (Å²) in [6.07, 6.45) is -2.47. The normalized spacial score (nSPS) is 21.9. The maximum absolute atomic E-state index is 12.7. The molecule has 1 atom stereocenters. The average Bonchev–Trinajstić information content (AvgIpc) is 2.61. The Bertz CT molecular complexity index is 367. The van der Waals surface area contributed by atoms with Crippen LogP contribution >= 0.6 is 0 Å². The Kier molecular flexibility index (Phi) is 3.29. The van der Waals surface area contributed by atoms with E-state index in [0.29, 0.717) is 6.54 Å². The highest BCUT2D eigenvalue weighted by atomic mass is 19.3. The summed E-state index contributed by atoms with van der Waals surface area (Å²) in [7, 11) is 0. The lowest BCUT2D eigenvalue weighted by molar-refractivity contribution is -0.117. The van der Waals surface area contributed by atoms with Gasteiger partial charge < -0.3 is 0 Å². The second kappa shape index (κ2) is 4.70. The lowest BCUT2D eigenvalue weighted by atomic mass is 10.2. The number of likely N-dealkylation sites (tertiary alicyclic amines) is 1. The van der Waals surface area contributed by atoms with Gasteiger partial charge in [0.05, 0.1) is 12.6 Å². The van der Waals surface area contributed by atoms with Crippen LogP contribution in [0.4, 0.5) is 8.78 Å². The Morgan fingerprint density at radius 1 is 1.31 bits per heavy atom. The van der Waals surface area contributed by atoms with Crippen molar-refractivity contribution < 1.29 is 13.6 Å². The molecule has 0 radical (unpaired) electrons. The molecule has 0 amide bonds. The zero-order chi connectivity index (χ0) is 11.5. The number of carbonyl (C=O) groups excluding carboxylic acids is 1. The van der Waals surface area contributed by atoms with Gasteiger partial charge in [-0.3, -0.25) is 9.69 Å². The first-order chi connectivity index (χ1) is 7.66. The van der Waals surface area contributed by atoms with E-state index < -0.39 is 12.5 Å². The molecule has 0 saturated carbocycles. The Hall–Kier alpha value is -1.29. The zero-order valence-corrected chi connectivity index (χ0v) is 8.77. The fourth-order valence-corrected chi connectivity index (χ4v) is 2.01. The molecule has 0 spiro atoms. The topological polar surface area (TPSA) is 20.3 Å². The number of nitrogens with zero attached hydrogens (tertiary/aromatic N) is 1. The summed E-state index contributed by atoms with van der Waals surface area (Å²) in [5.74, 6) is -0.0961. The maximum atomic E-state index is 12.7. The zero-order valence-electron chi connectivity index (χ0n) is 8.77. The van der Waals surface area contributed by atoms with Gasteiger partial charge in [-0.1, -0.05) is 30.3 Å². The number of alkyl halides is 2. The van der Waals surface area contributed by atoms with E-state index in [2.05, 4.69) is 0 Å². The van der Waals surface area contributed by atoms with Crippen molar-refractivity contribution in [3.05, 3.63) is 35.9 Å². The van der Waals surface area contributed by atoms with Crippen molar-refractivity contribution in [3.8, 4) is 0 Å². The number of benzene rings is 1. The molecule has 0 bridgehead atoms. The molecule has 86 valence electrons. The summed E-state index contributed by atoms with van der Waals surface area (Å²) in [6, 6.07) is 8.46. The third-order valence-corrected chi connectivity index (χ3v) is 2.80. The minimum Gasteiger partial charge on any atom is -0.298 e. The van der Waals surface area contributed by atoms with Crippen molar-refractivity contribution >= 4 is 5.78 Å². The molecule has 1 fully saturated rings. The number of carbonyl (C=O) groups is 1. The van der Waals surface area contributed by atoms with E-state index >= 15 is 0 Å². The van der Waals surface area contributed by atoms with Crippen LogP contribution < -0.4 is 0 Å². The third kappa shape index (κ3) is 2.44. The maximum Gasteiger partial charge on any atom is 0.254 e. The molecule has 4 heteroatoms. The van der Waals surface area contributed by atoms with Crippen LogP contribution in [0.2, 0.25) is 0 Å². The number of hydrogen-bond donors (Lipinski definition) is 0. The molecule has 1 aromatic carbocycles. The van der Waals surface area contributed by atoms with Crippen LogP contribution in [0, 0.1) is 0 Å². The van der Waals surface area contributed by atoms with Gasteiger partial charge in [-0.25, -0.2) is 8.78 Å². The van der Waals surface area contributed by atoms with Crippen molar-refractivity contribution in [2.75, 3.05) is 6.54 Å². The van der Waals surface area contributed by atoms with Gasteiger partial charge in [-0.05, 0) is 5.56 Å². The number of rotatable bonds is 3. The van der Waals surface area contributed by atoms with Crippen molar-refractivity contribution in [2.24, 2.45) is 0 Å². The monoisotopic (exact) mass is 225 g/mol. The fraction of sp³-hybridized carbons (Fsp3) is 0.417. The van der Waals surface area contributed by atoms with E-state index in [-0.39, 0.29) is 18.7 Å². The quantitative estimate of drug-likeness (QED) is 0.785. The molecule has 0 N–H and O–H groups in total. The largest absolute Gasteiger partial charge is 0.298 e. The lowest BCUT2D eigenvalue weighted by Crippen LogP contribution is -2.34. The van der Waals surface area contributed by atoms with Crippen molar-refractivity contribution in [2.45, 2.75) is 25.4 Å². The first kappa shape index (κ1) is 11.2. The van der Waals surface area contributed by atoms with E-state index in [1.165, 1.54) is 0 Å². The van der Waals surface area contributed by atoms with Gasteiger partial charge in [-0.15, -0.1) is 0 Å². The molecule has 1 aliphatic heterocycles. The molecule has 0 aliphatic carbocycles. The van der Waals surface area contributed by atoms with Gasteiger partial charge >= 0.3 is 0 Å². The summed E-state index contributed by atoms with van der Waals surface area (Å²) < 4.78 is 25.3. The van der Waals surface area contributed by atoms with Crippen LogP contribution in [0.3, 0.4) is 0 Å². The van der Waals surface area contributed by atoms with Gasteiger partial charge in [0.25, 0.3) is 6.43 Å². The standard InChI is InChI=1S/C12H13F2NO/c13-12(14)11-6-10(16)8-15(11)7-9-4-2-1-3-5-9/h1-5,11-12H,6-8H2. The van der Waals surface area contributed by atoms with Crippen molar-refractivity contribution in [1.29, 1.82) is 0 Å². The minimum atomic E-state index is -2.45. The molecule has 1 heterocycles. The molecule has 1 aromatic rings. The van der Waals surface area contributed by atoms with E-state index in [4.69, 9.17) is 0 Å². The Balaban J connectivity index is 2.06. The second-order valence-electron chi connectivity index (χ2n) is 4.04. The van der Waals surface area contributed by atoms with Crippen molar-refractivity contribution in [1.82, 2.24) is 4.90 Å². The van der Waals surface area contributed by atoms with Crippen LogP contribution in [0.5, 0.6) is 0 Å². The van der Waals surface area contributed by atoms with Crippen LogP contribution in [0.1, 0.15) is 12.0 Å². The van der Waals surface area contributed by atoms with Crippen LogP contribution in [-0.2, 0) is 11.3 Å². The van der Waals surface area contributed by atoms with Gasteiger partial charge in [0.1, 0.15) is 5.78 Å². The molecule has 1 saturated heterocycles. The highest BCUT2D eigenvalue weighted by Gasteiger charge is 2.36. The molecule has 1 aliphatic rings. The summed E-state index contributed by atoms with van der Waals surface area (Å²) in [5, 5.41) is 0. The molecule has 0 aromatic heterocycles.